The molecule has 124 heavy (non-hydrogen) atoms. The first-order valence-electron chi connectivity index (χ1n) is 29.3. The summed E-state index contributed by atoms with van der Waals surface area (Å²) >= 11 is 27.8. The standard InChI is InChI=1S/C11H13N3O3.C10H13BrN2O3.C9H10Br2N2O2.C9H9N3O3S.C6H4ClN3O.C6H5N3O2.C4H2Br2N2O.C4H2Br2O3.16CH4.2ClH.H2N2.H2/c1-16-9-7-13-14(11(15)8(9)6-12)10-4-2-3-5-17-10;1-15-7-6-12-13(10(14)9(7)11)8-4-2-3-5-16-8;10-6-5-12-13(9(14)8(6)11)7-3-1-2-4-15-7;1-14-7-4-11-12-9(6(7)3-10)16-5-8(13)15-2;1-11-5-3-9-10-6(7)4(5)2-8;1-11-5-3-8-9-6(10)4(5)2-7;5-2-1-7-8-4(9)3(2)6;5-2(1-7)3(6)4(8)9;;;;;;;;;;;;;;;;;;;1-2;/h7,10H,2-5H2,1H3;6,8H,2-5H2,1H3;5,7H,1-4H2;4H,5H2,1-2H3;3H,1H3;3H,1H3,(H,9,10);2*1H,(H,8,9);16*1H4;2*1H;1-2H;1H/b;;;;;;;3-2-;;;;;;;;;;;;;;;;;;;;. The van der Waals surface area contributed by atoms with E-state index < -0.39 is 23.1 Å². The first kappa shape index (κ1) is 156. The Balaban J connectivity index is -0.0000000644. The summed E-state index contributed by atoms with van der Waals surface area (Å²) in [5.41, 5.74) is 8.80. The molecule has 5 N–H and O–H groups in total. The van der Waals surface area contributed by atoms with E-state index in [0.29, 0.717) is 70.7 Å². The van der Waals surface area contributed by atoms with Crippen molar-refractivity contribution >= 4 is 178 Å². The Kier molecular flexibility index (Phi) is 110. The molecule has 0 amide bonds. The smallest absolute Gasteiger partial charge is 0.344 e. The molecule has 3 saturated heterocycles. The average molecular weight is 2300 g/mol. The van der Waals surface area contributed by atoms with Gasteiger partial charge in [-0.15, -0.1) is 35.0 Å². The molecule has 3 fully saturated rings. The van der Waals surface area contributed by atoms with Gasteiger partial charge in [0.25, 0.3) is 27.8 Å². The molecular weight excluding hydrogens is 2170 g/mol. The number of hydrogen-bond acceptors (Lipinski definition) is 33. The second-order valence-corrected chi connectivity index (χ2v) is 26.3. The van der Waals surface area contributed by atoms with Crippen molar-refractivity contribution in [1.82, 2.24) is 70.1 Å². The third-order valence-corrected chi connectivity index (χ3v) is 20.4. The number of aldehydes is 1. The largest absolute Gasteiger partial charge is 0.494 e. The molecule has 3 aliphatic rings. The van der Waals surface area contributed by atoms with Crippen LogP contribution in [0.1, 0.15) is 219 Å². The molecule has 7 aromatic heterocycles. The maximum absolute atomic E-state index is 12.0. The topological polar surface area (TPSA) is 545 Å². The minimum atomic E-state index is -1.17. The Morgan fingerprint density at radius 3 is 1.22 bits per heavy atom. The number of carbonyl (C=O) groups excluding carboxylic acids is 2. The highest BCUT2D eigenvalue weighted by Gasteiger charge is 2.24. The van der Waals surface area contributed by atoms with Crippen LogP contribution in [0, 0.1) is 56.4 Å². The normalized spacial score (nSPS) is 12.4. The van der Waals surface area contributed by atoms with Crippen molar-refractivity contribution in [3.05, 3.63) is 154 Å². The fourth-order valence-corrected chi connectivity index (χ4v) is 10.4. The summed E-state index contributed by atoms with van der Waals surface area (Å²) in [5.74, 6) is 0.0234. The van der Waals surface area contributed by atoms with Crippen LogP contribution in [-0.2, 0) is 33.3 Å². The number of nitrogens with zero attached hydrogens (tertiary/aromatic N) is 16. The lowest BCUT2D eigenvalue weighted by Gasteiger charge is -2.23. The number of carboxylic acids is 1. The van der Waals surface area contributed by atoms with Crippen molar-refractivity contribution in [3.8, 4) is 53.0 Å². The molecule has 10 heterocycles. The number of nitrogens with one attached hydrogen (secondary N) is 4. The van der Waals surface area contributed by atoms with Crippen LogP contribution in [0.25, 0.3) is 0 Å². The number of halogens is 10. The van der Waals surface area contributed by atoms with Crippen molar-refractivity contribution in [3.63, 3.8) is 0 Å². The van der Waals surface area contributed by atoms with Gasteiger partial charge < -0.3 is 47.7 Å². The van der Waals surface area contributed by atoms with Crippen molar-refractivity contribution in [2.75, 3.05) is 68.2 Å². The number of aliphatic carboxylic acids is 1. The van der Waals surface area contributed by atoms with E-state index in [0.717, 1.165) is 69.5 Å². The molecule has 38 nitrogen and oxygen atoms in total. The monoisotopic (exact) mass is 2290 g/mol. The van der Waals surface area contributed by atoms with Crippen LogP contribution in [0.15, 0.2) is 104 Å². The van der Waals surface area contributed by atoms with Crippen molar-refractivity contribution in [2.24, 2.45) is 0 Å². The molecule has 3 aliphatic heterocycles. The predicted molar refractivity (Wildman–Crippen MR) is 522 cm³/mol. The van der Waals surface area contributed by atoms with Gasteiger partial charge in [0, 0.05) is 21.2 Å². The highest BCUT2D eigenvalue weighted by molar-refractivity contribution is 9.14. The van der Waals surface area contributed by atoms with Gasteiger partial charge >= 0.3 is 11.9 Å². The second kappa shape index (κ2) is 87.0. The number of nitriles is 4. The first-order valence-corrected chi connectivity index (χ1v) is 36.2. The molecular formula is C75H128Br7Cl3N20O18S. The van der Waals surface area contributed by atoms with E-state index in [1.54, 1.807) is 12.3 Å². The number of hydrogen-bond donors (Lipinski definition) is 5. The summed E-state index contributed by atoms with van der Waals surface area (Å²) in [6.45, 7) is 2.00. The quantitative estimate of drug-likeness (QED) is 0.0235. The molecule has 0 spiro atoms. The van der Waals surface area contributed by atoms with Crippen LogP contribution in [-0.4, -0.2) is 162 Å². The molecule has 10 rings (SSSR count). The highest BCUT2D eigenvalue weighted by Crippen LogP contribution is 2.29. The Morgan fingerprint density at radius 2 is 0.871 bits per heavy atom. The lowest BCUT2D eigenvalue weighted by molar-refractivity contribution is -0.137. The van der Waals surface area contributed by atoms with Gasteiger partial charge in [0.2, 0.25) is 0 Å². The number of carbonyl (C=O) groups is 3. The molecule has 0 aromatic carbocycles. The SMILES string of the molecule is C.C.C.C.C.C.C.C.C.C.C.C.C.C.C.C.COC(=O)CSc1nncc(OC)c1C#N.COc1cn[nH]c(=O)c1C#N.COc1cnn(C2CCCCO2)c(=O)c1Br.COc1cnn(C2CCCCO2)c(=O)c1C#N.COc1cnnc(Cl)c1C#N.Cl.Cl.N=N.O=C/C(Br)=C(/Br)C(=O)O.O=c1[nH]ncc(Br)c1Br.O=c1c(Br)c(Br)cnn1C1CCCCO1.[HH]. The number of carboxylic acid groups (broad SMARTS) is 1. The zero-order valence-corrected chi connectivity index (χ0v) is 71.1. The van der Waals surface area contributed by atoms with Gasteiger partial charge in [-0.3, -0.25) is 33.6 Å². The summed E-state index contributed by atoms with van der Waals surface area (Å²) in [7, 11) is 8.45. The zero-order valence-electron chi connectivity index (χ0n) is 56.8. The van der Waals surface area contributed by atoms with Crippen LogP contribution < -0.4 is 51.5 Å². The third kappa shape index (κ3) is 50.3. The fourth-order valence-electron chi connectivity index (χ4n) is 7.73. The van der Waals surface area contributed by atoms with E-state index in [1.165, 1.54) is 93.9 Å². The minimum absolute atomic E-state index is 0. The maximum Gasteiger partial charge on any atom is 0.344 e. The summed E-state index contributed by atoms with van der Waals surface area (Å²) in [5, 5.41) is 81.3. The van der Waals surface area contributed by atoms with Gasteiger partial charge in [-0.25, -0.2) is 26.1 Å². The molecule has 0 bridgehead atoms. The van der Waals surface area contributed by atoms with E-state index in [1.807, 2.05) is 18.2 Å². The molecule has 7 aromatic rings. The molecule has 49 heteroatoms. The third-order valence-electron chi connectivity index (χ3n) is 12.8. The van der Waals surface area contributed by atoms with Gasteiger partial charge in [0.1, 0.15) is 53.9 Å². The lowest BCUT2D eigenvalue weighted by Crippen LogP contribution is -2.32. The molecule has 0 aliphatic carbocycles. The summed E-state index contributed by atoms with van der Waals surface area (Å²) < 4.78 is 51.9. The van der Waals surface area contributed by atoms with Crippen molar-refractivity contribution < 1.29 is 63.5 Å². The fraction of sp³-hybridized carbons (Fsp3) is 0.507. The summed E-state index contributed by atoms with van der Waals surface area (Å²) in [4.78, 5) is 88.0. The van der Waals surface area contributed by atoms with Crippen LogP contribution in [0.2, 0.25) is 5.15 Å². The van der Waals surface area contributed by atoms with Crippen molar-refractivity contribution in [1.29, 1.82) is 32.1 Å². The average Bonchev–Trinajstić information content (AvgIpc) is 0.821. The number of esters is 1. The Hall–Kier alpha value is -8.07. The van der Waals surface area contributed by atoms with Gasteiger partial charge in [-0.1, -0.05) is 142 Å². The number of thioether (sulfide) groups is 1. The van der Waals surface area contributed by atoms with Crippen LogP contribution in [0.3, 0.4) is 0 Å². The van der Waals surface area contributed by atoms with Crippen LogP contribution >= 0.6 is 160 Å². The second-order valence-electron chi connectivity index (χ2n) is 19.2. The summed E-state index contributed by atoms with van der Waals surface area (Å²) in [6, 6.07) is 7.36. The number of ether oxygens (including phenoxy) is 9. The highest BCUT2D eigenvalue weighted by atomic mass is 79.9. The minimum Gasteiger partial charge on any atom is -0.494 e. The van der Waals surface area contributed by atoms with Gasteiger partial charge in [-0.05, 0) is 169 Å². The number of aromatic amines is 2. The molecule has 0 saturated carbocycles. The molecule has 0 radical (unpaired) electrons. The molecule has 3 unspecified atom stereocenters. The van der Waals surface area contributed by atoms with Crippen LogP contribution in [0.5, 0.6) is 28.7 Å². The number of H-pyrrole nitrogens is 2. The van der Waals surface area contributed by atoms with E-state index >= 15 is 0 Å². The van der Waals surface area contributed by atoms with Gasteiger partial charge in [-0.2, -0.15) is 70.8 Å². The van der Waals surface area contributed by atoms with Crippen LogP contribution in [0.4, 0.5) is 0 Å². The van der Waals surface area contributed by atoms with Gasteiger partial charge in [0.05, 0.1) is 110 Å². The number of allylic oxidation sites excluding steroid dienone is 1. The molecule has 3 atom stereocenters. The van der Waals surface area contributed by atoms with E-state index in [2.05, 4.69) is 172 Å². The number of rotatable bonds is 13. The van der Waals surface area contributed by atoms with Gasteiger partial charge in [0.15, 0.2) is 70.0 Å². The lowest BCUT2D eigenvalue weighted by atomic mass is 10.2. The number of methoxy groups -OCH3 is 6. The maximum atomic E-state index is 12.0. The predicted octanol–water partition coefficient (Wildman–Crippen LogP) is 20.7. The Bertz CT molecular complexity index is 4630. The number of aromatic nitrogens is 14. The Labute approximate surface area is 812 Å². The van der Waals surface area contributed by atoms with Crippen molar-refractivity contribution in [2.45, 2.75) is 200 Å². The Morgan fingerprint density at radius 1 is 0.516 bits per heavy atom. The summed E-state index contributed by atoms with van der Waals surface area (Å²) in [6.07, 6.45) is 18.2. The van der Waals surface area contributed by atoms with E-state index in [-0.39, 0.29) is 234 Å². The molecule has 712 valence electrons. The first-order chi connectivity index (χ1) is 50.8. The zero-order chi connectivity index (χ0) is 79.4. The van der Waals surface area contributed by atoms with E-state index in [9.17, 15) is 38.4 Å². The van der Waals surface area contributed by atoms with E-state index in [4.69, 9.17) is 86.7 Å².